The number of benzene rings is 1. The third-order valence-corrected chi connectivity index (χ3v) is 10.1. The van der Waals surface area contributed by atoms with Crippen molar-refractivity contribution in [3.8, 4) is 0 Å². The van der Waals surface area contributed by atoms with Gasteiger partial charge in [-0.2, -0.15) is 0 Å². The van der Waals surface area contributed by atoms with Gasteiger partial charge in [-0.25, -0.2) is 0 Å². The Morgan fingerprint density at radius 3 is 2.11 bits per heavy atom. The number of likely N-dealkylation sites (N-methyl/N-ethyl adjacent to an activating group) is 1. The number of ether oxygens (including phenoxy) is 2. The van der Waals surface area contributed by atoms with Crippen molar-refractivity contribution in [3.63, 3.8) is 0 Å². The number of rotatable bonds is 18. The van der Waals surface area contributed by atoms with Gasteiger partial charge in [0.25, 0.3) is 0 Å². The van der Waals surface area contributed by atoms with Gasteiger partial charge in [-0.05, 0) is 42.6 Å². The number of likely N-dealkylation sites (tertiary alicyclic amines) is 1. The van der Waals surface area contributed by atoms with E-state index in [0.717, 1.165) is 31.2 Å². The van der Waals surface area contributed by atoms with Crippen LogP contribution in [-0.4, -0.2) is 84.6 Å². The molecular formula is C36H60N2O6. The number of nitrogens with zero attached hydrogens (tertiary/aromatic N) is 2. The number of aliphatic hydroxyl groups is 1. The first-order chi connectivity index (χ1) is 20.8. The molecule has 0 aliphatic carbocycles. The van der Waals surface area contributed by atoms with Gasteiger partial charge in [-0.15, -0.1) is 0 Å². The van der Waals surface area contributed by atoms with Crippen LogP contribution < -0.4 is 0 Å². The van der Waals surface area contributed by atoms with Crippen molar-refractivity contribution in [2.45, 2.75) is 117 Å². The summed E-state index contributed by atoms with van der Waals surface area (Å²) in [6.07, 6.45) is 1.91. The molecule has 0 aromatic heterocycles. The lowest BCUT2D eigenvalue weighted by Crippen LogP contribution is -2.54. The molecule has 1 aromatic rings. The average Bonchev–Trinajstić information content (AvgIpc) is 3.50. The Balaban J connectivity index is 2.19. The van der Waals surface area contributed by atoms with Crippen molar-refractivity contribution < 1.29 is 29.0 Å². The minimum Gasteiger partial charge on any atom is -0.388 e. The molecule has 1 N–H and O–H groups in total. The van der Waals surface area contributed by atoms with Crippen LogP contribution in [0.15, 0.2) is 30.3 Å². The lowest BCUT2D eigenvalue weighted by atomic mass is 9.85. The number of hydrogen-bond acceptors (Lipinski definition) is 6. The van der Waals surface area contributed by atoms with Crippen LogP contribution in [0.3, 0.4) is 0 Å². The molecule has 1 aliphatic rings. The van der Waals surface area contributed by atoms with E-state index in [1.807, 2.05) is 68.0 Å². The first kappa shape index (κ1) is 37.9. The number of hydrogen-bond donors (Lipinski definition) is 1. The summed E-state index contributed by atoms with van der Waals surface area (Å²) in [7, 11) is 5.08. The molecule has 8 nitrogen and oxygen atoms in total. The largest absolute Gasteiger partial charge is 0.388 e. The smallest absolute Gasteiger partial charge is 0.226 e. The Morgan fingerprint density at radius 2 is 1.59 bits per heavy atom. The fourth-order valence-electron chi connectivity index (χ4n) is 7.13. The van der Waals surface area contributed by atoms with Gasteiger partial charge in [0.15, 0.2) is 0 Å². The number of ketones is 1. The maximum absolute atomic E-state index is 13.9. The second-order valence-electron chi connectivity index (χ2n) is 13.4. The van der Waals surface area contributed by atoms with Gasteiger partial charge in [-0.1, -0.05) is 85.2 Å². The van der Waals surface area contributed by atoms with Gasteiger partial charge >= 0.3 is 0 Å². The molecular weight excluding hydrogens is 556 g/mol. The molecule has 0 saturated carbocycles. The fraction of sp³-hybridized carbons (Fsp3) is 0.750. The van der Waals surface area contributed by atoms with Crippen LogP contribution in [0.5, 0.6) is 0 Å². The van der Waals surface area contributed by atoms with Crippen molar-refractivity contribution in [1.29, 1.82) is 0 Å². The molecule has 1 unspecified atom stereocenters. The Labute approximate surface area is 266 Å². The Bertz CT molecular complexity index is 1030. The molecule has 44 heavy (non-hydrogen) atoms. The van der Waals surface area contributed by atoms with Crippen molar-refractivity contribution >= 4 is 17.6 Å². The predicted octanol–water partition coefficient (Wildman–Crippen LogP) is 5.92. The van der Waals surface area contributed by atoms with E-state index in [1.165, 1.54) is 0 Å². The van der Waals surface area contributed by atoms with Crippen LogP contribution in [0.1, 0.15) is 98.7 Å². The highest BCUT2D eigenvalue weighted by atomic mass is 16.5. The van der Waals surface area contributed by atoms with E-state index in [0.29, 0.717) is 6.54 Å². The quantitative estimate of drug-likeness (QED) is 0.220. The minimum absolute atomic E-state index is 0.0148. The van der Waals surface area contributed by atoms with Gasteiger partial charge in [0.1, 0.15) is 5.78 Å². The maximum atomic E-state index is 13.9. The summed E-state index contributed by atoms with van der Waals surface area (Å²) in [4.78, 5) is 44.7. The highest BCUT2D eigenvalue weighted by Crippen LogP contribution is 2.32. The van der Waals surface area contributed by atoms with Crippen molar-refractivity contribution in [3.05, 3.63) is 35.9 Å². The molecule has 1 heterocycles. The second-order valence-corrected chi connectivity index (χ2v) is 13.4. The highest BCUT2D eigenvalue weighted by Gasteiger charge is 2.42. The summed E-state index contributed by atoms with van der Waals surface area (Å²) in [6, 6.07) is 8.92. The fourth-order valence-corrected chi connectivity index (χ4v) is 7.13. The molecule has 8 heteroatoms. The van der Waals surface area contributed by atoms with Crippen LogP contribution in [-0.2, 0) is 23.9 Å². The number of Topliss-reactive ketones (excluding diaryl/α,β-unsaturated/α-hetero) is 1. The summed E-state index contributed by atoms with van der Waals surface area (Å²) in [6.45, 7) is 14.8. The molecule has 1 aromatic carbocycles. The Hall–Kier alpha value is -2.29. The number of carbonyl (C=O) groups is 3. The predicted molar refractivity (Wildman–Crippen MR) is 175 cm³/mol. The topological polar surface area (TPSA) is 96.4 Å². The standard InChI is InChI=1S/C36H60N2O6/c1-11-24(5)33(37(8)36(42)28(12-2)23(3)4)31(43-9)22-32(40)38-20-16-19-29(38)35(44-10)26(7)30(39)21-25(6)34(41)27-17-14-13-15-18-27/h13-15,17-18,23-26,28-29,31,33-35,41H,11-12,16,19-22H2,1-10H3/t24-,25-,26-,28-,29-,31?,33-,34+,35+/m0/s1. The summed E-state index contributed by atoms with van der Waals surface area (Å²) in [5.74, 6) is -0.353. The lowest BCUT2D eigenvalue weighted by molar-refractivity contribution is -0.148. The summed E-state index contributed by atoms with van der Waals surface area (Å²) in [5, 5.41) is 10.8. The highest BCUT2D eigenvalue weighted by molar-refractivity contribution is 5.82. The molecule has 0 radical (unpaired) electrons. The Morgan fingerprint density at radius 1 is 0.955 bits per heavy atom. The monoisotopic (exact) mass is 616 g/mol. The van der Waals surface area contributed by atoms with E-state index in [4.69, 9.17) is 9.47 Å². The molecule has 9 atom stereocenters. The zero-order valence-electron chi connectivity index (χ0n) is 29.0. The molecule has 1 aliphatic heterocycles. The maximum Gasteiger partial charge on any atom is 0.226 e. The van der Waals surface area contributed by atoms with E-state index in [-0.39, 0.29) is 66.2 Å². The second kappa shape index (κ2) is 18.0. The van der Waals surface area contributed by atoms with E-state index in [9.17, 15) is 19.5 Å². The molecule has 0 spiro atoms. The third kappa shape index (κ3) is 9.37. The van der Waals surface area contributed by atoms with Crippen LogP contribution in [0, 0.1) is 29.6 Å². The van der Waals surface area contributed by atoms with Gasteiger partial charge in [0, 0.05) is 46.1 Å². The number of aliphatic hydroxyl groups excluding tert-OH is 1. The van der Waals surface area contributed by atoms with Crippen LogP contribution >= 0.6 is 0 Å². The molecule has 2 amide bonds. The SMILES string of the molecule is CC[C@H](C(=O)N(C)[C@H](C(CC(=O)N1CCC[C@H]1[C@H](OC)[C@@H](C)C(=O)C[C@H](C)[C@@H](O)c1ccccc1)OC)[C@@H](C)CC)C(C)C. The number of methoxy groups -OCH3 is 2. The molecule has 2 rings (SSSR count). The Kier molecular flexibility index (Phi) is 15.5. The summed E-state index contributed by atoms with van der Waals surface area (Å²) < 4.78 is 11.9. The number of amides is 2. The van der Waals surface area contributed by atoms with E-state index in [1.54, 1.807) is 14.2 Å². The summed E-state index contributed by atoms with van der Waals surface area (Å²) in [5.41, 5.74) is 0.793. The van der Waals surface area contributed by atoms with Crippen molar-refractivity contribution in [2.24, 2.45) is 29.6 Å². The average molecular weight is 617 g/mol. The van der Waals surface area contributed by atoms with Gasteiger partial charge in [0.2, 0.25) is 11.8 Å². The van der Waals surface area contributed by atoms with Crippen molar-refractivity contribution in [1.82, 2.24) is 9.80 Å². The molecule has 1 saturated heterocycles. The van der Waals surface area contributed by atoms with Crippen molar-refractivity contribution in [2.75, 3.05) is 27.8 Å². The normalized spacial score (nSPS) is 20.8. The van der Waals surface area contributed by atoms with E-state index < -0.39 is 24.2 Å². The molecule has 1 fully saturated rings. The van der Waals surface area contributed by atoms with Gasteiger partial charge < -0.3 is 24.4 Å². The minimum atomic E-state index is -0.736. The first-order valence-electron chi connectivity index (χ1n) is 16.7. The molecule has 0 bridgehead atoms. The first-order valence-corrected chi connectivity index (χ1v) is 16.7. The lowest BCUT2D eigenvalue weighted by Gasteiger charge is -2.40. The molecule has 250 valence electrons. The number of carbonyl (C=O) groups excluding carboxylic acids is 3. The summed E-state index contributed by atoms with van der Waals surface area (Å²) >= 11 is 0. The van der Waals surface area contributed by atoms with Crippen LogP contribution in [0.25, 0.3) is 0 Å². The van der Waals surface area contributed by atoms with E-state index in [2.05, 4.69) is 27.7 Å². The zero-order chi connectivity index (χ0) is 33.1. The van der Waals surface area contributed by atoms with Gasteiger partial charge in [0.05, 0.1) is 36.8 Å². The van der Waals surface area contributed by atoms with Crippen LogP contribution in [0.2, 0.25) is 0 Å². The van der Waals surface area contributed by atoms with Gasteiger partial charge in [-0.3, -0.25) is 14.4 Å². The third-order valence-electron chi connectivity index (χ3n) is 10.1. The zero-order valence-corrected chi connectivity index (χ0v) is 29.0. The van der Waals surface area contributed by atoms with Crippen LogP contribution in [0.4, 0.5) is 0 Å². The van der Waals surface area contributed by atoms with E-state index >= 15 is 0 Å².